The van der Waals surface area contributed by atoms with Gasteiger partial charge < -0.3 is 5.32 Å². The highest BCUT2D eigenvalue weighted by Gasteiger charge is 2.06. The van der Waals surface area contributed by atoms with Gasteiger partial charge in [-0.15, -0.1) is 0 Å². The molecule has 0 aliphatic heterocycles. The highest BCUT2D eigenvalue weighted by molar-refractivity contribution is 7.84. The molecule has 2 nitrogen and oxygen atoms in total. The van der Waals surface area contributed by atoms with Gasteiger partial charge in [-0.1, -0.05) is 31.2 Å². The molecule has 0 spiro atoms. The summed E-state index contributed by atoms with van der Waals surface area (Å²) < 4.78 is 35.8. The van der Waals surface area contributed by atoms with Crippen LogP contribution in [-0.4, -0.2) is 22.3 Å². The van der Waals surface area contributed by atoms with Crippen molar-refractivity contribution < 1.29 is 13.0 Å². The van der Waals surface area contributed by atoms with Crippen LogP contribution < -0.4 is 5.32 Å². The highest BCUT2D eigenvalue weighted by Crippen LogP contribution is 2.18. The van der Waals surface area contributed by atoms with Crippen LogP contribution in [0.2, 0.25) is 0 Å². The normalized spacial score (nSPS) is 14.7. The third kappa shape index (κ3) is 5.23. The zero-order valence-electron chi connectivity index (χ0n) is 10.7. The van der Waals surface area contributed by atoms with E-state index in [1.807, 2.05) is 6.92 Å². The van der Waals surface area contributed by atoms with Gasteiger partial charge in [0.25, 0.3) is 6.43 Å². The molecule has 2 atom stereocenters. The molecule has 1 aromatic carbocycles. The maximum Gasteiger partial charge on any atom is 0.263 e. The van der Waals surface area contributed by atoms with Crippen molar-refractivity contribution in [3.63, 3.8) is 0 Å². The summed E-state index contributed by atoms with van der Waals surface area (Å²) in [7, 11) is -0.790. The second-order valence-electron chi connectivity index (χ2n) is 4.32. The Bertz CT molecular complexity index is 381. The Hall–Kier alpha value is -0.810. The molecule has 0 bridgehead atoms. The fraction of sp³-hybridized carbons (Fsp3) is 0.538. The van der Waals surface area contributed by atoms with Gasteiger partial charge in [0.2, 0.25) is 0 Å². The highest BCUT2D eigenvalue weighted by atomic mass is 32.2. The summed E-state index contributed by atoms with van der Waals surface area (Å²) >= 11 is 0. The lowest BCUT2D eigenvalue weighted by Gasteiger charge is -2.09. The zero-order valence-corrected chi connectivity index (χ0v) is 11.5. The van der Waals surface area contributed by atoms with E-state index in [1.54, 1.807) is 18.4 Å². The van der Waals surface area contributed by atoms with E-state index in [1.165, 1.54) is 12.1 Å². The van der Waals surface area contributed by atoms with Crippen LogP contribution in [0.3, 0.4) is 0 Å². The maximum absolute atomic E-state index is 12.3. The van der Waals surface area contributed by atoms with Crippen LogP contribution in [0.4, 0.5) is 8.78 Å². The molecule has 1 N–H and O–H groups in total. The molecule has 2 unspecified atom stereocenters. The quantitative estimate of drug-likeness (QED) is 0.775. The number of hydrogen-bond donors (Lipinski definition) is 1. The molecule has 102 valence electrons. The third-order valence-electron chi connectivity index (χ3n) is 2.86. The first-order valence-electron chi connectivity index (χ1n) is 5.90. The van der Waals surface area contributed by atoms with Gasteiger partial charge >= 0.3 is 0 Å². The first-order chi connectivity index (χ1) is 8.50. The second-order valence-corrected chi connectivity index (χ2v) is 6.12. The third-order valence-corrected chi connectivity index (χ3v) is 4.22. The monoisotopic (exact) mass is 275 g/mol. The molecule has 0 fully saturated rings. The molecule has 0 aromatic heterocycles. The molecule has 0 aliphatic carbocycles. The number of alkyl halides is 2. The SMILES string of the molecule is CC(CCNCc1ccc(C(F)F)cc1)S(C)=O. The average molecular weight is 275 g/mol. The van der Waals surface area contributed by atoms with Gasteiger partial charge in [0.05, 0.1) is 0 Å². The van der Waals surface area contributed by atoms with E-state index in [9.17, 15) is 13.0 Å². The van der Waals surface area contributed by atoms with Gasteiger partial charge in [-0.05, 0) is 18.5 Å². The molecule has 1 aromatic rings. The minimum Gasteiger partial charge on any atom is -0.313 e. The molecular weight excluding hydrogens is 256 g/mol. The van der Waals surface area contributed by atoms with Crippen LogP contribution in [0.25, 0.3) is 0 Å². The van der Waals surface area contributed by atoms with Crippen LogP contribution in [0.1, 0.15) is 30.9 Å². The van der Waals surface area contributed by atoms with E-state index < -0.39 is 17.2 Å². The molecule has 0 radical (unpaired) electrons. The zero-order chi connectivity index (χ0) is 13.5. The number of nitrogens with one attached hydrogen (secondary N) is 1. The van der Waals surface area contributed by atoms with Gasteiger partial charge in [-0.3, -0.25) is 4.21 Å². The molecule has 0 aliphatic rings. The van der Waals surface area contributed by atoms with Crippen LogP contribution in [0, 0.1) is 0 Å². The van der Waals surface area contributed by atoms with E-state index in [0.29, 0.717) is 6.54 Å². The molecule has 0 saturated carbocycles. The van der Waals surface area contributed by atoms with Crippen molar-refractivity contribution >= 4 is 10.8 Å². The predicted molar refractivity (Wildman–Crippen MR) is 71.3 cm³/mol. The molecule has 0 heterocycles. The first-order valence-corrected chi connectivity index (χ1v) is 7.52. The summed E-state index contributed by atoms with van der Waals surface area (Å²) in [5.74, 6) is 0. The van der Waals surface area contributed by atoms with E-state index >= 15 is 0 Å². The Labute approximate surface area is 109 Å². The van der Waals surface area contributed by atoms with Crippen molar-refractivity contribution in [3.8, 4) is 0 Å². The van der Waals surface area contributed by atoms with Crippen molar-refractivity contribution in [2.45, 2.75) is 31.6 Å². The molecule has 18 heavy (non-hydrogen) atoms. The summed E-state index contributed by atoms with van der Waals surface area (Å²) in [6.45, 7) is 3.37. The van der Waals surface area contributed by atoms with Gasteiger partial charge in [-0.25, -0.2) is 8.78 Å². The lowest BCUT2D eigenvalue weighted by atomic mass is 10.1. The van der Waals surface area contributed by atoms with Crippen molar-refractivity contribution in [1.29, 1.82) is 0 Å². The lowest BCUT2D eigenvalue weighted by molar-refractivity contribution is 0.151. The van der Waals surface area contributed by atoms with Crippen molar-refractivity contribution in [1.82, 2.24) is 5.32 Å². The van der Waals surface area contributed by atoms with Crippen molar-refractivity contribution in [2.75, 3.05) is 12.8 Å². The van der Waals surface area contributed by atoms with E-state index in [4.69, 9.17) is 0 Å². The standard InChI is InChI=1S/C13H19F2NOS/c1-10(18(2)17)7-8-16-9-11-3-5-12(6-4-11)13(14)15/h3-6,10,13,16H,7-9H2,1-2H3. The first kappa shape index (κ1) is 15.2. The van der Waals surface area contributed by atoms with Crippen LogP contribution in [0.5, 0.6) is 0 Å². The summed E-state index contributed by atoms with van der Waals surface area (Å²) in [5.41, 5.74) is 1.03. The topological polar surface area (TPSA) is 29.1 Å². The number of rotatable bonds is 7. The summed E-state index contributed by atoms with van der Waals surface area (Å²) in [6, 6.07) is 6.31. The Morgan fingerprint density at radius 3 is 2.39 bits per heavy atom. The number of hydrogen-bond acceptors (Lipinski definition) is 2. The predicted octanol–water partition coefficient (Wildman–Crippen LogP) is 2.87. The van der Waals surface area contributed by atoms with Gasteiger partial charge in [0, 0.05) is 34.4 Å². The van der Waals surface area contributed by atoms with Crippen molar-refractivity contribution in [3.05, 3.63) is 35.4 Å². The van der Waals surface area contributed by atoms with Crippen LogP contribution >= 0.6 is 0 Å². The van der Waals surface area contributed by atoms with Crippen LogP contribution in [-0.2, 0) is 17.3 Å². The Balaban J connectivity index is 2.29. The molecule has 0 saturated heterocycles. The largest absolute Gasteiger partial charge is 0.313 e. The summed E-state index contributed by atoms with van der Waals surface area (Å²) in [5, 5.41) is 3.39. The van der Waals surface area contributed by atoms with Gasteiger partial charge in [0.1, 0.15) is 0 Å². The average Bonchev–Trinajstić information content (AvgIpc) is 2.34. The molecular formula is C13H19F2NOS. The minimum atomic E-state index is -2.41. The number of halogens is 2. The Kier molecular flexibility index (Phi) is 6.43. The van der Waals surface area contributed by atoms with E-state index in [0.717, 1.165) is 18.5 Å². The Morgan fingerprint density at radius 2 is 1.89 bits per heavy atom. The lowest BCUT2D eigenvalue weighted by Crippen LogP contribution is -2.20. The Morgan fingerprint density at radius 1 is 1.28 bits per heavy atom. The molecule has 0 amide bonds. The van der Waals surface area contributed by atoms with Gasteiger partial charge in [0.15, 0.2) is 0 Å². The second kappa shape index (κ2) is 7.59. The fourth-order valence-electron chi connectivity index (χ4n) is 1.48. The van der Waals surface area contributed by atoms with Crippen LogP contribution in [0.15, 0.2) is 24.3 Å². The van der Waals surface area contributed by atoms with E-state index in [-0.39, 0.29) is 10.8 Å². The molecule has 5 heteroatoms. The smallest absolute Gasteiger partial charge is 0.263 e. The fourth-order valence-corrected chi connectivity index (χ4v) is 1.93. The minimum absolute atomic E-state index is 0.0498. The maximum atomic E-state index is 12.3. The summed E-state index contributed by atoms with van der Waals surface area (Å²) in [4.78, 5) is 0. The van der Waals surface area contributed by atoms with Crippen molar-refractivity contribution in [2.24, 2.45) is 0 Å². The molecule has 1 rings (SSSR count). The van der Waals surface area contributed by atoms with E-state index in [2.05, 4.69) is 5.32 Å². The summed E-state index contributed by atoms with van der Waals surface area (Å²) in [6.07, 6.45) is 0.138. The number of benzene rings is 1. The van der Waals surface area contributed by atoms with Gasteiger partial charge in [-0.2, -0.15) is 0 Å².